The molecule has 2 aromatic carbocycles. The van der Waals surface area contributed by atoms with Crippen LogP contribution in [0.4, 0.5) is 5.69 Å². The number of rotatable bonds is 6. The third kappa shape index (κ3) is 5.15. The Labute approximate surface area is 192 Å². The minimum atomic E-state index is -3.97. The summed E-state index contributed by atoms with van der Waals surface area (Å²) in [7, 11) is -7.61. The Morgan fingerprint density at radius 2 is 1.58 bits per heavy atom. The van der Waals surface area contributed by atoms with Gasteiger partial charge in [-0.2, -0.15) is 4.31 Å². The highest BCUT2D eigenvalue weighted by Crippen LogP contribution is 2.24. The first-order chi connectivity index (χ1) is 15.6. The maximum absolute atomic E-state index is 12.9. The summed E-state index contributed by atoms with van der Waals surface area (Å²) in [6.45, 7) is 2.64. The molecular weight excluding hydrogens is 464 g/mol. The molecular formula is C22H24N4O5S2. The van der Waals surface area contributed by atoms with Crippen molar-refractivity contribution >= 4 is 25.7 Å². The summed E-state index contributed by atoms with van der Waals surface area (Å²) in [5.74, 6) is 0.327. The molecule has 0 radical (unpaired) electrons. The molecule has 11 heteroatoms. The van der Waals surface area contributed by atoms with Crippen molar-refractivity contribution in [3.05, 3.63) is 70.6 Å². The molecule has 0 amide bonds. The van der Waals surface area contributed by atoms with Crippen molar-refractivity contribution in [2.45, 2.75) is 36.0 Å². The third-order valence-electron chi connectivity index (χ3n) is 5.34. The van der Waals surface area contributed by atoms with Crippen LogP contribution in [0, 0.1) is 6.92 Å². The molecule has 2 N–H and O–H groups in total. The summed E-state index contributed by atoms with van der Waals surface area (Å²) in [4.78, 5) is 18.6. The van der Waals surface area contributed by atoms with Crippen LogP contribution in [-0.2, 0) is 20.0 Å². The monoisotopic (exact) mass is 488 g/mol. The highest BCUT2D eigenvalue weighted by Gasteiger charge is 2.26. The number of nitrogens with one attached hydrogen (secondary N) is 2. The predicted octanol–water partition coefficient (Wildman–Crippen LogP) is 2.72. The summed E-state index contributed by atoms with van der Waals surface area (Å²) >= 11 is 0. The van der Waals surface area contributed by atoms with Crippen LogP contribution in [0.2, 0.25) is 0 Å². The third-order valence-corrected chi connectivity index (χ3v) is 8.65. The zero-order valence-electron chi connectivity index (χ0n) is 18.0. The van der Waals surface area contributed by atoms with Gasteiger partial charge in [0, 0.05) is 36.1 Å². The second kappa shape index (κ2) is 9.08. The SMILES string of the molecule is Cc1cc(=O)[nH]c(-c2cccc(NS(=O)(=O)c3ccc(S(=O)(=O)N4CCCCC4)cc3)c2)n1. The molecule has 1 aromatic heterocycles. The number of H-pyrrole nitrogens is 1. The van der Waals surface area contributed by atoms with Gasteiger partial charge in [-0.15, -0.1) is 0 Å². The van der Waals surface area contributed by atoms with Crippen molar-refractivity contribution in [1.82, 2.24) is 14.3 Å². The number of hydrogen-bond donors (Lipinski definition) is 2. The van der Waals surface area contributed by atoms with Crippen LogP contribution < -0.4 is 10.3 Å². The van der Waals surface area contributed by atoms with Crippen molar-refractivity contribution in [3.8, 4) is 11.4 Å². The lowest BCUT2D eigenvalue weighted by Gasteiger charge is -2.25. The first-order valence-corrected chi connectivity index (χ1v) is 13.4. The normalized spacial score (nSPS) is 15.3. The Morgan fingerprint density at radius 1 is 0.909 bits per heavy atom. The van der Waals surface area contributed by atoms with E-state index in [1.54, 1.807) is 31.2 Å². The van der Waals surface area contributed by atoms with Crippen molar-refractivity contribution in [3.63, 3.8) is 0 Å². The Hall–Kier alpha value is -3.02. The van der Waals surface area contributed by atoms with Crippen LogP contribution in [0.3, 0.4) is 0 Å². The van der Waals surface area contributed by atoms with Gasteiger partial charge in [0.05, 0.1) is 9.79 Å². The maximum atomic E-state index is 12.9. The van der Waals surface area contributed by atoms with Gasteiger partial charge in [-0.3, -0.25) is 9.52 Å². The molecule has 0 aliphatic carbocycles. The quantitative estimate of drug-likeness (QED) is 0.549. The zero-order valence-corrected chi connectivity index (χ0v) is 19.6. The molecule has 0 spiro atoms. The van der Waals surface area contributed by atoms with E-state index < -0.39 is 20.0 Å². The first kappa shape index (κ1) is 23.1. The molecule has 0 saturated carbocycles. The summed E-state index contributed by atoms with van der Waals surface area (Å²) in [5, 5.41) is 0. The number of aromatic nitrogens is 2. The largest absolute Gasteiger partial charge is 0.307 e. The van der Waals surface area contributed by atoms with Gasteiger partial charge in [0.2, 0.25) is 10.0 Å². The zero-order chi connectivity index (χ0) is 23.6. The summed E-state index contributed by atoms with van der Waals surface area (Å²) in [6, 6.07) is 13.0. The fraction of sp³-hybridized carbons (Fsp3) is 0.273. The molecule has 3 aromatic rings. The topological polar surface area (TPSA) is 129 Å². The number of benzene rings is 2. The van der Waals surface area contributed by atoms with Gasteiger partial charge < -0.3 is 4.98 Å². The number of hydrogen-bond acceptors (Lipinski definition) is 6. The van der Waals surface area contributed by atoms with Crippen molar-refractivity contribution in [2.75, 3.05) is 17.8 Å². The molecule has 0 atom stereocenters. The molecule has 33 heavy (non-hydrogen) atoms. The fourth-order valence-electron chi connectivity index (χ4n) is 3.70. The average Bonchev–Trinajstić information content (AvgIpc) is 2.79. The van der Waals surface area contributed by atoms with Crippen LogP contribution >= 0.6 is 0 Å². The van der Waals surface area contributed by atoms with Crippen molar-refractivity contribution in [2.24, 2.45) is 0 Å². The van der Waals surface area contributed by atoms with Gasteiger partial charge in [-0.1, -0.05) is 18.6 Å². The lowest BCUT2D eigenvalue weighted by atomic mass is 10.2. The van der Waals surface area contributed by atoms with E-state index in [4.69, 9.17) is 0 Å². The van der Waals surface area contributed by atoms with Crippen molar-refractivity contribution < 1.29 is 16.8 Å². The van der Waals surface area contributed by atoms with E-state index in [0.29, 0.717) is 30.2 Å². The smallest absolute Gasteiger partial charge is 0.261 e. The standard InChI is InChI=1S/C22H24N4O5S2/c1-16-14-21(27)24-22(23-16)17-6-5-7-18(15-17)25-32(28,29)19-8-10-20(11-9-19)33(30,31)26-12-3-2-4-13-26/h5-11,14-15,25H,2-4,12-13H2,1H3,(H,23,24,27). The number of sulfonamides is 2. The Bertz CT molecular complexity index is 1430. The summed E-state index contributed by atoms with van der Waals surface area (Å²) in [6.07, 6.45) is 2.65. The van der Waals surface area contributed by atoms with E-state index >= 15 is 0 Å². The van der Waals surface area contributed by atoms with E-state index in [-0.39, 0.29) is 21.0 Å². The van der Waals surface area contributed by atoms with E-state index in [1.165, 1.54) is 34.6 Å². The average molecular weight is 489 g/mol. The second-order valence-electron chi connectivity index (χ2n) is 7.86. The van der Waals surface area contributed by atoms with Crippen LogP contribution in [0.5, 0.6) is 0 Å². The van der Waals surface area contributed by atoms with E-state index in [1.807, 2.05) is 0 Å². The molecule has 4 rings (SSSR count). The highest BCUT2D eigenvalue weighted by molar-refractivity contribution is 7.92. The predicted molar refractivity (Wildman–Crippen MR) is 125 cm³/mol. The molecule has 0 bridgehead atoms. The van der Waals surface area contributed by atoms with Gasteiger partial charge >= 0.3 is 0 Å². The number of aryl methyl sites for hydroxylation is 1. The molecule has 0 unspecified atom stereocenters. The molecule has 174 valence electrons. The van der Waals surface area contributed by atoms with Gasteiger partial charge in [0.25, 0.3) is 15.6 Å². The van der Waals surface area contributed by atoms with E-state index in [2.05, 4.69) is 14.7 Å². The fourth-order valence-corrected chi connectivity index (χ4v) is 6.27. The minimum absolute atomic E-state index is 0.0624. The van der Waals surface area contributed by atoms with Crippen molar-refractivity contribution in [1.29, 1.82) is 0 Å². The Kier molecular flexibility index (Phi) is 6.37. The lowest BCUT2D eigenvalue weighted by Crippen LogP contribution is -2.35. The lowest BCUT2D eigenvalue weighted by molar-refractivity contribution is 0.346. The number of aromatic amines is 1. The van der Waals surface area contributed by atoms with E-state index in [0.717, 1.165) is 19.3 Å². The maximum Gasteiger partial charge on any atom is 0.261 e. The molecule has 1 fully saturated rings. The highest BCUT2D eigenvalue weighted by atomic mass is 32.2. The van der Waals surface area contributed by atoms with Crippen LogP contribution in [0.15, 0.2) is 69.2 Å². The van der Waals surface area contributed by atoms with E-state index in [9.17, 15) is 21.6 Å². The van der Waals surface area contributed by atoms with Gasteiger partial charge in [-0.05, 0) is 56.2 Å². The second-order valence-corrected chi connectivity index (χ2v) is 11.5. The molecule has 1 saturated heterocycles. The summed E-state index contributed by atoms with van der Waals surface area (Å²) in [5.41, 5.74) is 1.06. The molecule has 9 nitrogen and oxygen atoms in total. The number of piperidine rings is 1. The molecule has 2 heterocycles. The first-order valence-electron chi connectivity index (χ1n) is 10.5. The number of nitrogens with zero attached hydrogens (tertiary/aromatic N) is 2. The van der Waals surface area contributed by atoms with Gasteiger partial charge in [0.1, 0.15) is 5.82 Å². The van der Waals surface area contributed by atoms with Crippen LogP contribution in [0.25, 0.3) is 11.4 Å². The molecule has 1 aliphatic rings. The van der Waals surface area contributed by atoms with Gasteiger partial charge in [-0.25, -0.2) is 21.8 Å². The molecule has 1 aliphatic heterocycles. The Balaban J connectivity index is 1.56. The van der Waals surface area contributed by atoms with Crippen LogP contribution in [-0.4, -0.2) is 44.2 Å². The van der Waals surface area contributed by atoms with Gasteiger partial charge in [0.15, 0.2) is 0 Å². The Morgan fingerprint density at radius 3 is 2.24 bits per heavy atom. The number of anilines is 1. The summed E-state index contributed by atoms with van der Waals surface area (Å²) < 4.78 is 55.3. The minimum Gasteiger partial charge on any atom is -0.307 e. The van der Waals surface area contributed by atoms with Crippen LogP contribution in [0.1, 0.15) is 25.0 Å².